The van der Waals surface area contributed by atoms with Crippen LogP contribution < -0.4 is 10.6 Å². The topological polar surface area (TPSA) is 58.9 Å². The second-order valence-electron chi connectivity index (χ2n) is 4.44. The van der Waals surface area contributed by atoms with Gasteiger partial charge in [-0.2, -0.15) is 5.10 Å². The number of amides is 1. The fraction of sp³-hybridized carbons (Fsp3) is 0.500. The number of carbonyl (C=O) groups excluding carboxylic acids is 1. The molecule has 6 heteroatoms. The first kappa shape index (κ1) is 13.0. The van der Waals surface area contributed by atoms with Crippen LogP contribution in [0.25, 0.3) is 10.2 Å². The van der Waals surface area contributed by atoms with Crippen molar-refractivity contribution in [3.8, 4) is 0 Å². The summed E-state index contributed by atoms with van der Waals surface area (Å²) in [6.07, 6.45) is 0. The maximum Gasteiger partial charge on any atom is 0.261 e. The van der Waals surface area contributed by atoms with Crippen LogP contribution in [0.15, 0.2) is 6.07 Å². The van der Waals surface area contributed by atoms with Gasteiger partial charge in [0.15, 0.2) is 0 Å². The second-order valence-corrected chi connectivity index (χ2v) is 5.47. The van der Waals surface area contributed by atoms with Crippen molar-refractivity contribution in [1.29, 1.82) is 0 Å². The van der Waals surface area contributed by atoms with E-state index in [2.05, 4.69) is 15.7 Å². The van der Waals surface area contributed by atoms with E-state index in [0.29, 0.717) is 6.54 Å². The number of nitrogens with zero attached hydrogens (tertiary/aromatic N) is 2. The minimum Gasteiger partial charge on any atom is -0.350 e. The third kappa shape index (κ3) is 2.39. The maximum absolute atomic E-state index is 12.0. The van der Waals surface area contributed by atoms with Crippen LogP contribution in [-0.2, 0) is 7.05 Å². The first-order valence-corrected chi connectivity index (χ1v) is 6.73. The normalized spacial score (nSPS) is 12.9. The zero-order chi connectivity index (χ0) is 13.3. The zero-order valence-electron chi connectivity index (χ0n) is 11.1. The molecule has 2 heterocycles. The molecule has 0 aliphatic rings. The molecule has 2 rings (SSSR count). The molecule has 0 aliphatic carbocycles. The van der Waals surface area contributed by atoms with Crippen LogP contribution in [0.3, 0.4) is 0 Å². The SMILES string of the molecule is CNC(C)CNC(=O)c1cc2c(C)nn(C)c2s1. The lowest BCUT2D eigenvalue weighted by molar-refractivity contribution is 0.0954. The molecule has 0 saturated heterocycles. The van der Waals surface area contributed by atoms with E-state index in [1.807, 2.05) is 38.7 Å². The summed E-state index contributed by atoms with van der Waals surface area (Å²) in [6, 6.07) is 2.19. The Labute approximate surface area is 110 Å². The first-order chi connectivity index (χ1) is 8.52. The van der Waals surface area contributed by atoms with E-state index in [4.69, 9.17) is 0 Å². The Hall–Kier alpha value is -1.40. The predicted molar refractivity (Wildman–Crippen MR) is 74.2 cm³/mol. The van der Waals surface area contributed by atoms with Gasteiger partial charge in [-0.15, -0.1) is 11.3 Å². The molecule has 1 atom stereocenters. The van der Waals surface area contributed by atoms with Gasteiger partial charge in [-0.05, 0) is 27.0 Å². The van der Waals surface area contributed by atoms with Crippen molar-refractivity contribution in [3.05, 3.63) is 16.6 Å². The quantitative estimate of drug-likeness (QED) is 0.876. The van der Waals surface area contributed by atoms with Gasteiger partial charge < -0.3 is 10.6 Å². The van der Waals surface area contributed by atoms with Gasteiger partial charge in [0.1, 0.15) is 4.83 Å². The van der Waals surface area contributed by atoms with Crippen molar-refractivity contribution < 1.29 is 4.79 Å². The van der Waals surface area contributed by atoms with E-state index in [-0.39, 0.29) is 11.9 Å². The van der Waals surface area contributed by atoms with Gasteiger partial charge in [-0.3, -0.25) is 9.48 Å². The summed E-state index contributed by atoms with van der Waals surface area (Å²) in [5.74, 6) is -0.0160. The van der Waals surface area contributed by atoms with E-state index < -0.39 is 0 Å². The smallest absolute Gasteiger partial charge is 0.261 e. The highest BCUT2D eigenvalue weighted by Gasteiger charge is 2.15. The number of hydrogen-bond donors (Lipinski definition) is 2. The molecular weight excluding hydrogens is 248 g/mol. The minimum absolute atomic E-state index is 0.0160. The van der Waals surface area contributed by atoms with Crippen LogP contribution in [0.1, 0.15) is 22.3 Å². The molecule has 0 radical (unpaired) electrons. The second kappa shape index (κ2) is 5.07. The zero-order valence-corrected chi connectivity index (χ0v) is 11.9. The van der Waals surface area contributed by atoms with Crippen molar-refractivity contribution in [2.24, 2.45) is 7.05 Å². The molecule has 5 nitrogen and oxygen atoms in total. The predicted octanol–water partition coefficient (Wildman–Crippen LogP) is 1.28. The summed E-state index contributed by atoms with van der Waals surface area (Å²) in [5, 5.41) is 11.4. The molecule has 0 saturated carbocycles. The molecule has 0 spiro atoms. The van der Waals surface area contributed by atoms with Crippen LogP contribution in [0.2, 0.25) is 0 Å². The molecule has 0 aromatic carbocycles. The largest absolute Gasteiger partial charge is 0.350 e. The summed E-state index contributed by atoms with van der Waals surface area (Å²) >= 11 is 1.48. The molecule has 0 aliphatic heterocycles. The van der Waals surface area contributed by atoms with Crippen molar-refractivity contribution >= 4 is 27.5 Å². The average molecular weight is 266 g/mol. The first-order valence-electron chi connectivity index (χ1n) is 5.91. The number of rotatable bonds is 4. The van der Waals surface area contributed by atoms with Crippen molar-refractivity contribution in [2.45, 2.75) is 19.9 Å². The molecule has 2 N–H and O–H groups in total. The van der Waals surface area contributed by atoms with Crippen LogP contribution in [0, 0.1) is 6.92 Å². The molecular formula is C12H18N4OS. The molecule has 0 fully saturated rings. The van der Waals surface area contributed by atoms with E-state index in [1.165, 1.54) is 11.3 Å². The standard InChI is InChI=1S/C12H18N4OS/c1-7(13-3)6-14-11(17)10-5-9-8(2)15-16(4)12(9)18-10/h5,7,13H,6H2,1-4H3,(H,14,17). The number of aromatic nitrogens is 2. The lowest BCUT2D eigenvalue weighted by Gasteiger charge is -2.10. The molecule has 0 bridgehead atoms. The highest BCUT2D eigenvalue weighted by molar-refractivity contribution is 7.20. The highest BCUT2D eigenvalue weighted by atomic mass is 32.1. The Bertz CT molecular complexity index is 537. The Kier molecular flexibility index (Phi) is 3.68. The Morgan fingerprint density at radius 2 is 2.33 bits per heavy atom. The fourth-order valence-electron chi connectivity index (χ4n) is 1.75. The summed E-state index contributed by atoms with van der Waals surface area (Å²) in [7, 11) is 3.78. The van der Waals surface area contributed by atoms with Gasteiger partial charge >= 0.3 is 0 Å². The number of hydrogen-bond acceptors (Lipinski definition) is 4. The number of thiophene rings is 1. The molecule has 2 aromatic rings. The van der Waals surface area contributed by atoms with Gasteiger partial charge in [0, 0.05) is 25.0 Å². The third-order valence-electron chi connectivity index (χ3n) is 2.98. The van der Waals surface area contributed by atoms with Crippen molar-refractivity contribution in [1.82, 2.24) is 20.4 Å². The van der Waals surface area contributed by atoms with Crippen LogP contribution >= 0.6 is 11.3 Å². The minimum atomic E-state index is -0.0160. The number of aryl methyl sites for hydroxylation is 2. The third-order valence-corrected chi connectivity index (χ3v) is 4.18. The summed E-state index contributed by atoms with van der Waals surface area (Å²) < 4.78 is 1.82. The van der Waals surface area contributed by atoms with Crippen molar-refractivity contribution in [3.63, 3.8) is 0 Å². The number of carbonyl (C=O) groups is 1. The van der Waals surface area contributed by atoms with Crippen LogP contribution in [-0.4, -0.2) is 35.3 Å². The Morgan fingerprint density at radius 3 is 2.94 bits per heavy atom. The maximum atomic E-state index is 12.0. The Balaban J connectivity index is 2.16. The number of likely N-dealkylation sites (N-methyl/N-ethyl adjacent to an activating group) is 1. The molecule has 98 valence electrons. The van der Waals surface area contributed by atoms with E-state index in [0.717, 1.165) is 20.8 Å². The highest BCUT2D eigenvalue weighted by Crippen LogP contribution is 2.27. The molecule has 2 aromatic heterocycles. The molecule has 1 unspecified atom stereocenters. The van der Waals surface area contributed by atoms with E-state index >= 15 is 0 Å². The molecule has 1 amide bonds. The lowest BCUT2D eigenvalue weighted by atomic mass is 10.3. The van der Waals surface area contributed by atoms with Gasteiger partial charge in [0.05, 0.1) is 10.6 Å². The fourth-order valence-corrected chi connectivity index (χ4v) is 2.79. The van der Waals surface area contributed by atoms with Gasteiger partial charge in [-0.1, -0.05) is 0 Å². The van der Waals surface area contributed by atoms with Crippen molar-refractivity contribution in [2.75, 3.05) is 13.6 Å². The van der Waals surface area contributed by atoms with Gasteiger partial charge in [0.2, 0.25) is 0 Å². The van der Waals surface area contributed by atoms with Gasteiger partial charge in [-0.25, -0.2) is 0 Å². The average Bonchev–Trinajstić information content (AvgIpc) is 2.89. The lowest BCUT2D eigenvalue weighted by Crippen LogP contribution is -2.36. The summed E-state index contributed by atoms with van der Waals surface area (Å²) in [6.45, 7) is 4.61. The van der Waals surface area contributed by atoms with Gasteiger partial charge in [0.25, 0.3) is 5.91 Å². The monoisotopic (exact) mass is 266 g/mol. The van der Waals surface area contributed by atoms with Crippen LogP contribution in [0.4, 0.5) is 0 Å². The number of nitrogens with one attached hydrogen (secondary N) is 2. The Morgan fingerprint density at radius 1 is 1.61 bits per heavy atom. The van der Waals surface area contributed by atoms with E-state index in [1.54, 1.807) is 0 Å². The number of fused-ring (bicyclic) bond motifs is 1. The summed E-state index contributed by atoms with van der Waals surface area (Å²) in [4.78, 5) is 13.8. The van der Waals surface area contributed by atoms with E-state index in [9.17, 15) is 4.79 Å². The van der Waals surface area contributed by atoms with Crippen LogP contribution in [0.5, 0.6) is 0 Å². The molecule has 18 heavy (non-hydrogen) atoms. The summed E-state index contributed by atoms with van der Waals surface area (Å²) in [5.41, 5.74) is 0.964.